The lowest BCUT2D eigenvalue weighted by atomic mass is 10.0. The largest absolute Gasteiger partial charge is 0.756 e. The van der Waals surface area contributed by atoms with Crippen LogP contribution < -0.4 is 10.2 Å². The molecule has 0 spiro atoms. The molecule has 0 aromatic carbocycles. The molecule has 0 radical (unpaired) electrons. The predicted molar refractivity (Wildman–Crippen MR) is 344 cm³/mol. The minimum Gasteiger partial charge on any atom is -0.756 e. The van der Waals surface area contributed by atoms with Crippen LogP contribution in [-0.2, 0) is 18.4 Å². The van der Waals surface area contributed by atoms with Crippen molar-refractivity contribution in [2.24, 2.45) is 0 Å². The minimum absolute atomic E-state index is 0.00711. The van der Waals surface area contributed by atoms with Crippen LogP contribution in [0.4, 0.5) is 0 Å². The first kappa shape index (κ1) is 77.7. The second-order valence-electron chi connectivity index (χ2n) is 25.2. The number of amides is 1. The third-order valence-corrected chi connectivity index (χ3v) is 17.0. The topological polar surface area (TPSA) is 108 Å². The summed E-state index contributed by atoms with van der Waals surface area (Å²) in [6.45, 7) is 4.68. The first-order valence-electron chi connectivity index (χ1n) is 34.9. The molecular formula is C70H137N2O6P. The number of unbranched alkanes of at least 4 members (excludes halogenated alkanes) is 48. The molecule has 0 aliphatic rings. The van der Waals surface area contributed by atoms with Gasteiger partial charge in [-0.05, 0) is 44.9 Å². The SMILES string of the molecule is CCCCCCCCCCCCCCCC/C=C/CC/C=C/CC/C=C/C(O)C(COP(=O)([O-])OCC[N+](C)(C)C)NC(=O)CCCCCCCCCCCCCCCCCCCCCCCCCCCCCCCCCCC. The van der Waals surface area contributed by atoms with Crippen molar-refractivity contribution >= 4 is 13.7 Å². The highest BCUT2D eigenvalue weighted by molar-refractivity contribution is 7.45. The third kappa shape index (κ3) is 64.1. The molecule has 0 saturated carbocycles. The molecule has 0 rings (SSSR count). The van der Waals surface area contributed by atoms with Gasteiger partial charge in [-0.2, -0.15) is 0 Å². The van der Waals surface area contributed by atoms with Crippen molar-refractivity contribution in [3.63, 3.8) is 0 Å². The van der Waals surface area contributed by atoms with Gasteiger partial charge >= 0.3 is 0 Å². The summed E-state index contributed by atoms with van der Waals surface area (Å²) in [5.74, 6) is -0.204. The lowest BCUT2D eigenvalue weighted by Gasteiger charge is -2.29. The highest BCUT2D eigenvalue weighted by Gasteiger charge is 2.23. The summed E-state index contributed by atoms with van der Waals surface area (Å²) in [6.07, 6.45) is 81.4. The molecule has 0 aliphatic heterocycles. The van der Waals surface area contributed by atoms with Crippen LogP contribution in [0.15, 0.2) is 36.5 Å². The van der Waals surface area contributed by atoms with Crippen LogP contribution in [0.2, 0.25) is 0 Å². The molecule has 2 N–H and O–H groups in total. The maximum absolute atomic E-state index is 13.0. The zero-order valence-corrected chi connectivity index (χ0v) is 54.5. The summed E-state index contributed by atoms with van der Waals surface area (Å²) in [5, 5.41) is 13.9. The third-order valence-electron chi connectivity index (χ3n) is 16.1. The van der Waals surface area contributed by atoms with E-state index < -0.39 is 26.6 Å². The number of allylic oxidation sites excluding steroid dienone is 5. The molecule has 79 heavy (non-hydrogen) atoms. The standard InChI is InChI=1S/C70H137N2O6P/c1-6-8-10-12-14-16-18-20-22-24-26-28-30-32-33-34-35-36-37-38-39-40-42-44-46-48-50-52-54-56-58-60-62-64-70(74)71-68(67-78-79(75,76)77-66-65-72(3,4)5)69(73)63-61-59-57-55-53-51-49-47-45-43-41-31-29-27-25-23-21-19-17-15-13-11-9-7-2/h45,47,53,55,61,63,68-69,73H,6-44,46,48-52,54,56-60,62,64-67H2,1-5H3,(H-,71,74,75,76)/b47-45+,55-53+,63-61+. The molecular weight excluding hydrogens is 996 g/mol. The van der Waals surface area contributed by atoms with E-state index in [4.69, 9.17) is 9.05 Å². The van der Waals surface area contributed by atoms with Gasteiger partial charge in [-0.25, -0.2) is 0 Å². The van der Waals surface area contributed by atoms with E-state index in [0.29, 0.717) is 17.4 Å². The Balaban J connectivity index is 4.06. The zero-order chi connectivity index (χ0) is 57.7. The fraction of sp³-hybridized carbons (Fsp3) is 0.900. The van der Waals surface area contributed by atoms with Crippen molar-refractivity contribution in [1.29, 1.82) is 0 Å². The van der Waals surface area contributed by atoms with Gasteiger partial charge in [-0.1, -0.05) is 339 Å². The molecule has 3 unspecified atom stereocenters. The van der Waals surface area contributed by atoms with Crippen LogP contribution in [0, 0.1) is 0 Å². The highest BCUT2D eigenvalue weighted by atomic mass is 31.2. The van der Waals surface area contributed by atoms with E-state index in [0.717, 1.165) is 44.9 Å². The van der Waals surface area contributed by atoms with Crippen LogP contribution in [0.5, 0.6) is 0 Å². The molecule has 0 fully saturated rings. The fourth-order valence-electron chi connectivity index (χ4n) is 10.7. The number of nitrogens with zero attached hydrogens (tertiary/aromatic N) is 1. The average Bonchev–Trinajstić information content (AvgIpc) is 3.42. The molecule has 0 heterocycles. The Bertz CT molecular complexity index is 1380. The van der Waals surface area contributed by atoms with Gasteiger partial charge < -0.3 is 28.8 Å². The summed E-state index contributed by atoms with van der Waals surface area (Å²) < 4.78 is 23.4. The summed E-state index contributed by atoms with van der Waals surface area (Å²) in [7, 11) is 1.25. The summed E-state index contributed by atoms with van der Waals surface area (Å²) in [6, 6.07) is -0.909. The van der Waals surface area contributed by atoms with Gasteiger partial charge in [0.1, 0.15) is 13.2 Å². The second kappa shape index (κ2) is 61.3. The van der Waals surface area contributed by atoms with Crippen molar-refractivity contribution in [2.45, 2.75) is 366 Å². The number of carbonyl (C=O) groups is 1. The minimum atomic E-state index is -4.61. The second-order valence-corrected chi connectivity index (χ2v) is 26.6. The maximum atomic E-state index is 13.0. The van der Waals surface area contributed by atoms with E-state index in [1.165, 1.54) is 289 Å². The van der Waals surface area contributed by atoms with E-state index in [-0.39, 0.29) is 12.5 Å². The molecule has 0 aliphatic carbocycles. The Kier molecular flexibility index (Phi) is 60.3. The van der Waals surface area contributed by atoms with Gasteiger partial charge in [-0.3, -0.25) is 9.36 Å². The van der Waals surface area contributed by atoms with E-state index in [2.05, 4.69) is 43.5 Å². The molecule has 0 aromatic rings. The number of hydrogen-bond acceptors (Lipinski definition) is 6. The predicted octanol–water partition coefficient (Wildman–Crippen LogP) is 21.4. The quantitative estimate of drug-likeness (QED) is 0.0272. The van der Waals surface area contributed by atoms with Gasteiger partial charge in [0.25, 0.3) is 7.82 Å². The normalized spacial score (nSPS) is 13.9. The molecule has 0 aromatic heterocycles. The van der Waals surface area contributed by atoms with E-state index in [9.17, 15) is 19.4 Å². The molecule has 0 bridgehead atoms. The maximum Gasteiger partial charge on any atom is 0.268 e. The number of likely N-dealkylation sites (N-methyl/N-ethyl adjacent to an activating group) is 1. The van der Waals surface area contributed by atoms with Crippen molar-refractivity contribution in [3.05, 3.63) is 36.5 Å². The first-order chi connectivity index (χ1) is 38.5. The molecule has 0 saturated heterocycles. The van der Waals surface area contributed by atoms with Gasteiger partial charge in [0, 0.05) is 6.42 Å². The summed E-state index contributed by atoms with van der Waals surface area (Å²) in [5.41, 5.74) is 0. The Morgan fingerprint density at radius 1 is 0.430 bits per heavy atom. The van der Waals surface area contributed by atoms with Gasteiger partial charge in [0.2, 0.25) is 5.91 Å². The number of carbonyl (C=O) groups excluding carboxylic acids is 1. The number of hydrogen-bond donors (Lipinski definition) is 2. The van der Waals surface area contributed by atoms with Gasteiger partial charge in [0.15, 0.2) is 0 Å². The lowest BCUT2D eigenvalue weighted by molar-refractivity contribution is -0.870. The number of nitrogens with one attached hydrogen (secondary N) is 1. The molecule has 468 valence electrons. The molecule has 9 heteroatoms. The number of phosphoric acid groups is 1. The Morgan fingerprint density at radius 3 is 1.03 bits per heavy atom. The number of rotatable bonds is 65. The van der Waals surface area contributed by atoms with E-state index >= 15 is 0 Å². The van der Waals surface area contributed by atoms with Crippen LogP contribution in [-0.4, -0.2) is 68.5 Å². The van der Waals surface area contributed by atoms with Gasteiger partial charge in [-0.15, -0.1) is 0 Å². The summed E-state index contributed by atoms with van der Waals surface area (Å²) in [4.78, 5) is 25.6. The van der Waals surface area contributed by atoms with Crippen molar-refractivity contribution < 1.29 is 32.9 Å². The number of aliphatic hydroxyl groups is 1. The Hall–Kier alpha value is -1.28. The Morgan fingerprint density at radius 2 is 0.709 bits per heavy atom. The van der Waals surface area contributed by atoms with Crippen molar-refractivity contribution in [3.8, 4) is 0 Å². The fourth-order valence-corrected chi connectivity index (χ4v) is 11.4. The first-order valence-corrected chi connectivity index (χ1v) is 36.3. The van der Waals surface area contributed by atoms with Crippen molar-refractivity contribution in [2.75, 3.05) is 40.9 Å². The zero-order valence-electron chi connectivity index (χ0n) is 53.6. The van der Waals surface area contributed by atoms with Crippen LogP contribution in [0.25, 0.3) is 0 Å². The van der Waals surface area contributed by atoms with Crippen molar-refractivity contribution in [1.82, 2.24) is 5.32 Å². The number of quaternary nitrogens is 1. The molecule has 8 nitrogen and oxygen atoms in total. The van der Waals surface area contributed by atoms with Crippen LogP contribution in [0.3, 0.4) is 0 Å². The van der Waals surface area contributed by atoms with Crippen LogP contribution >= 0.6 is 7.82 Å². The van der Waals surface area contributed by atoms with E-state index in [1.807, 2.05) is 27.2 Å². The van der Waals surface area contributed by atoms with Crippen LogP contribution in [0.1, 0.15) is 354 Å². The number of aliphatic hydroxyl groups excluding tert-OH is 1. The Labute approximate surface area is 493 Å². The average molecular weight is 1130 g/mol. The smallest absolute Gasteiger partial charge is 0.268 e. The molecule has 1 amide bonds. The molecule has 3 atom stereocenters. The summed E-state index contributed by atoms with van der Waals surface area (Å²) >= 11 is 0. The highest BCUT2D eigenvalue weighted by Crippen LogP contribution is 2.38. The van der Waals surface area contributed by atoms with Gasteiger partial charge in [0.05, 0.1) is 39.9 Å². The van der Waals surface area contributed by atoms with E-state index in [1.54, 1.807) is 6.08 Å². The lowest BCUT2D eigenvalue weighted by Crippen LogP contribution is -2.45. The monoisotopic (exact) mass is 1130 g/mol. The number of phosphoric ester groups is 1.